The summed E-state index contributed by atoms with van der Waals surface area (Å²) in [6, 6.07) is 27.1. The Bertz CT molecular complexity index is 1060. The van der Waals surface area contributed by atoms with E-state index in [4.69, 9.17) is 11.6 Å². The lowest BCUT2D eigenvalue weighted by Crippen LogP contribution is -2.17. The van der Waals surface area contributed by atoms with E-state index in [1.165, 1.54) is 0 Å². The maximum absolute atomic E-state index is 13.1. The zero-order chi connectivity index (χ0) is 17.9. The second-order valence-corrected chi connectivity index (χ2v) is 6.55. The summed E-state index contributed by atoms with van der Waals surface area (Å²) < 4.78 is 1.60. The van der Waals surface area contributed by atoms with Crippen LogP contribution in [-0.2, 0) is 6.42 Å². The Kier molecular flexibility index (Phi) is 4.46. The first kappa shape index (κ1) is 16.4. The van der Waals surface area contributed by atoms with Gasteiger partial charge in [-0.2, -0.15) is 0 Å². The van der Waals surface area contributed by atoms with E-state index in [9.17, 15) is 4.79 Å². The molecular weight excluding hydrogens is 344 g/mol. The van der Waals surface area contributed by atoms with Crippen molar-refractivity contribution < 1.29 is 0 Å². The Labute approximate surface area is 156 Å². The third kappa shape index (κ3) is 3.22. The van der Waals surface area contributed by atoms with E-state index in [2.05, 4.69) is 5.10 Å². The molecule has 0 aliphatic rings. The molecule has 1 aromatic heterocycles. The van der Waals surface area contributed by atoms with Crippen LogP contribution in [0.1, 0.15) is 11.1 Å². The molecule has 0 saturated carbocycles. The van der Waals surface area contributed by atoms with Crippen LogP contribution in [0, 0.1) is 0 Å². The van der Waals surface area contributed by atoms with Gasteiger partial charge in [0.2, 0.25) is 0 Å². The fourth-order valence-corrected chi connectivity index (χ4v) is 3.17. The zero-order valence-corrected chi connectivity index (χ0v) is 14.8. The molecule has 3 nitrogen and oxygen atoms in total. The minimum absolute atomic E-state index is 0.0370. The molecule has 4 aromatic rings. The summed E-state index contributed by atoms with van der Waals surface area (Å²) >= 11 is 5.99. The van der Waals surface area contributed by atoms with Gasteiger partial charge in [0, 0.05) is 17.0 Å². The Balaban J connectivity index is 1.86. The Morgan fingerprint density at radius 2 is 1.42 bits per heavy atom. The highest BCUT2D eigenvalue weighted by atomic mass is 35.5. The molecule has 0 amide bonds. The standard InChI is InChI=1S/C22H17ClN2O/c23-18-13-11-16(12-14-18)15-20-21(17-7-3-1-4-8-17)24-25(22(20)26)19-9-5-2-6-10-19/h1-14,24H,15H2. The third-order valence-electron chi connectivity index (χ3n) is 4.36. The van der Waals surface area contributed by atoms with Gasteiger partial charge in [-0.25, -0.2) is 4.68 Å². The first-order valence-electron chi connectivity index (χ1n) is 8.41. The summed E-state index contributed by atoms with van der Waals surface area (Å²) in [6.45, 7) is 0. The smallest absolute Gasteiger partial charge is 0.275 e. The molecule has 0 fully saturated rings. The van der Waals surface area contributed by atoms with Crippen molar-refractivity contribution in [1.29, 1.82) is 0 Å². The molecule has 4 heteroatoms. The van der Waals surface area contributed by atoms with Gasteiger partial charge in [-0.1, -0.05) is 72.3 Å². The monoisotopic (exact) mass is 360 g/mol. The summed E-state index contributed by atoms with van der Waals surface area (Å²) in [5, 5.41) is 3.98. The van der Waals surface area contributed by atoms with Crippen molar-refractivity contribution in [3.8, 4) is 16.9 Å². The van der Waals surface area contributed by atoms with Gasteiger partial charge in [0.1, 0.15) is 0 Å². The quantitative estimate of drug-likeness (QED) is 0.541. The highest BCUT2D eigenvalue weighted by Crippen LogP contribution is 2.23. The first-order chi connectivity index (χ1) is 12.7. The van der Waals surface area contributed by atoms with Crippen molar-refractivity contribution in [3.05, 3.63) is 111 Å². The van der Waals surface area contributed by atoms with Crippen molar-refractivity contribution >= 4 is 11.6 Å². The van der Waals surface area contributed by atoms with Crippen LogP contribution in [0.25, 0.3) is 16.9 Å². The molecule has 0 atom stereocenters. The van der Waals surface area contributed by atoms with Crippen molar-refractivity contribution in [2.75, 3.05) is 0 Å². The van der Waals surface area contributed by atoms with Crippen molar-refractivity contribution in [2.45, 2.75) is 6.42 Å². The number of hydrogen-bond donors (Lipinski definition) is 1. The fourth-order valence-electron chi connectivity index (χ4n) is 3.04. The molecule has 1 heterocycles. The molecule has 0 spiro atoms. The highest BCUT2D eigenvalue weighted by molar-refractivity contribution is 6.30. The van der Waals surface area contributed by atoms with Gasteiger partial charge in [-0.3, -0.25) is 9.89 Å². The Hall–Kier alpha value is -3.04. The number of hydrogen-bond acceptors (Lipinski definition) is 1. The minimum atomic E-state index is -0.0370. The minimum Gasteiger partial charge on any atom is -0.290 e. The van der Waals surface area contributed by atoms with E-state index in [0.29, 0.717) is 11.4 Å². The van der Waals surface area contributed by atoms with Gasteiger partial charge in [0.15, 0.2) is 0 Å². The topological polar surface area (TPSA) is 37.8 Å². The summed E-state index contributed by atoms with van der Waals surface area (Å²) in [4.78, 5) is 13.1. The molecule has 1 N–H and O–H groups in total. The van der Waals surface area contributed by atoms with E-state index >= 15 is 0 Å². The van der Waals surface area contributed by atoms with E-state index in [1.807, 2.05) is 84.9 Å². The van der Waals surface area contributed by atoms with E-state index < -0.39 is 0 Å². The van der Waals surface area contributed by atoms with Crippen LogP contribution < -0.4 is 5.56 Å². The first-order valence-corrected chi connectivity index (χ1v) is 8.79. The molecule has 3 aromatic carbocycles. The molecule has 128 valence electrons. The van der Waals surface area contributed by atoms with Crippen molar-refractivity contribution in [3.63, 3.8) is 0 Å². The lowest BCUT2D eigenvalue weighted by Gasteiger charge is -2.03. The molecule has 4 rings (SSSR count). The lowest BCUT2D eigenvalue weighted by atomic mass is 10.0. The molecule has 0 saturated heterocycles. The van der Waals surface area contributed by atoms with Gasteiger partial charge >= 0.3 is 0 Å². The van der Waals surface area contributed by atoms with Crippen LogP contribution >= 0.6 is 11.6 Å². The molecule has 26 heavy (non-hydrogen) atoms. The summed E-state index contributed by atoms with van der Waals surface area (Å²) in [5.41, 5.74) is 4.39. The number of nitrogens with one attached hydrogen (secondary N) is 1. The normalized spacial score (nSPS) is 10.8. The van der Waals surface area contributed by atoms with Crippen molar-refractivity contribution in [1.82, 2.24) is 9.78 Å². The summed E-state index contributed by atoms with van der Waals surface area (Å²) in [7, 11) is 0. The number of nitrogens with zero attached hydrogens (tertiary/aromatic N) is 1. The molecule has 0 radical (unpaired) electrons. The van der Waals surface area contributed by atoms with Gasteiger partial charge in [-0.15, -0.1) is 0 Å². The molecule has 0 bridgehead atoms. The number of halogens is 1. The second kappa shape index (κ2) is 7.06. The van der Waals surface area contributed by atoms with E-state index in [1.54, 1.807) is 4.68 Å². The molecular formula is C22H17ClN2O. The Morgan fingerprint density at radius 1 is 0.808 bits per heavy atom. The predicted molar refractivity (Wildman–Crippen MR) is 106 cm³/mol. The van der Waals surface area contributed by atoms with Crippen molar-refractivity contribution in [2.24, 2.45) is 0 Å². The van der Waals surface area contributed by atoms with Crippen LogP contribution in [0.2, 0.25) is 5.02 Å². The molecule has 0 unspecified atom stereocenters. The number of H-pyrrole nitrogens is 1. The van der Waals surface area contributed by atoms with Crippen LogP contribution in [0.15, 0.2) is 89.7 Å². The van der Waals surface area contributed by atoms with E-state index in [0.717, 1.165) is 28.1 Å². The summed E-state index contributed by atoms with van der Waals surface area (Å²) in [5.74, 6) is 0. The second-order valence-electron chi connectivity index (χ2n) is 6.11. The lowest BCUT2D eigenvalue weighted by molar-refractivity contribution is 0.849. The van der Waals surface area contributed by atoms with Crippen LogP contribution in [0.4, 0.5) is 0 Å². The number of aromatic nitrogens is 2. The van der Waals surface area contributed by atoms with E-state index in [-0.39, 0.29) is 5.56 Å². The average molecular weight is 361 g/mol. The maximum Gasteiger partial charge on any atom is 0.275 e. The van der Waals surface area contributed by atoms with Gasteiger partial charge in [0.05, 0.1) is 11.4 Å². The molecule has 0 aliphatic carbocycles. The zero-order valence-electron chi connectivity index (χ0n) is 14.0. The SMILES string of the molecule is O=c1c(Cc2ccc(Cl)cc2)c(-c2ccccc2)[nH]n1-c1ccccc1. The predicted octanol–water partition coefficient (Wildman–Crippen LogP) is 5.08. The fraction of sp³-hybridized carbons (Fsp3) is 0.0455. The average Bonchev–Trinajstić information content (AvgIpc) is 3.01. The highest BCUT2D eigenvalue weighted by Gasteiger charge is 2.17. The number of rotatable bonds is 4. The molecule has 0 aliphatic heterocycles. The maximum atomic E-state index is 13.1. The van der Waals surface area contributed by atoms with Crippen LogP contribution in [0.5, 0.6) is 0 Å². The largest absolute Gasteiger partial charge is 0.290 e. The third-order valence-corrected chi connectivity index (χ3v) is 4.61. The van der Waals surface area contributed by atoms with Gasteiger partial charge in [-0.05, 0) is 35.4 Å². The van der Waals surface area contributed by atoms with Crippen LogP contribution in [0.3, 0.4) is 0 Å². The Morgan fingerprint density at radius 3 is 2.08 bits per heavy atom. The van der Waals surface area contributed by atoms with Crippen LogP contribution in [-0.4, -0.2) is 9.78 Å². The van der Waals surface area contributed by atoms with Gasteiger partial charge in [0.25, 0.3) is 5.56 Å². The number of aromatic amines is 1. The summed E-state index contributed by atoms with van der Waals surface area (Å²) in [6.07, 6.45) is 0.538. The number of para-hydroxylation sites is 1. The number of benzene rings is 3. The van der Waals surface area contributed by atoms with Gasteiger partial charge < -0.3 is 0 Å².